The Morgan fingerprint density at radius 3 is 1.58 bits per heavy atom. The number of hydrogen-bond acceptors (Lipinski definition) is 2. The van der Waals surface area contributed by atoms with Crippen LogP contribution in [0.25, 0.3) is 22.3 Å². The zero-order chi connectivity index (χ0) is 38.5. The van der Waals surface area contributed by atoms with Crippen molar-refractivity contribution < 1.29 is 0 Å². The van der Waals surface area contributed by atoms with Crippen LogP contribution in [0.1, 0.15) is 65.3 Å². The molecule has 0 fully saturated rings. The van der Waals surface area contributed by atoms with Crippen molar-refractivity contribution in [1.82, 2.24) is 0 Å². The predicted octanol–water partition coefficient (Wildman–Crippen LogP) is 14.5. The number of aryl methyl sites for hydroxylation is 2. The van der Waals surface area contributed by atoms with Gasteiger partial charge in [0, 0.05) is 28.2 Å². The predicted molar refractivity (Wildman–Crippen MR) is 238 cm³/mol. The van der Waals surface area contributed by atoms with Crippen LogP contribution in [0.15, 0.2) is 182 Å². The molecule has 0 aromatic heterocycles. The van der Waals surface area contributed by atoms with Crippen molar-refractivity contribution in [2.45, 2.75) is 44.9 Å². The number of para-hydroxylation sites is 4. The molecule has 8 aromatic carbocycles. The SMILES string of the molecule is CCc1ccccc1N(c1ccc2c(c1)C1(c3ccccc3-c3ccccc31)c1cc(N3c4ccccc4C(C)(C)c4ccccc43)ccc1-2)c1ccccc1C. The lowest BCUT2D eigenvalue weighted by molar-refractivity contribution is 0.632. The summed E-state index contributed by atoms with van der Waals surface area (Å²) >= 11 is 0. The Kier molecular flexibility index (Phi) is 7.35. The van der Waals surface area contributed by atoms with E-state index in [1.807, 2.05) is 0 Å². The number of fused-ring (bicyclic) bond motifs is 12. The van der Waals surface area contributed by atoms with Gasteiger partial charge in [0.05, 0.1) is 16.8 Å². The molecule has 2 nitrogen and oxygen atoms in total. The number of benzene rings is 8. The Hall–Kier alpha value is -6.64. The van der Waals surface area contributed by atoms with Crippen LogP contribution in [0, 0.1) is 6.92 Å². The molecule has 274 valence electrons. The van der Waals surface area contributed by atoms with Crippen LogP contribution in [-0.2, 0) is 17.3 Å². The molecular formula is C55H44N2. The number of rotatable bonds is 5. The molecule has 0 radical (unpaired) electrons. The minimum absolute atomic E-state index is 0.128. The summed E-state index contributed by atoms with van der Waals surface area (Å²) < 4.78 is 0. The van der Waals surface area contributed by atoms with Gasteiger partial charge in [0.1, 0.15) is 0 Å². The lowest BCUT2D eigenvalue weighted by Crippen LogP contribution is -2.31. The van der Waals surface area contributed by atoms with Gasteiger partial charge < -0.3 is 9.80 Å². The van der Waals surface area contributed by atoms with Gasteiger partial charge in [-0.05, 0) is 129 Å². The molecule has 0 saturated heterocycles. The maximum Gasteiger partial charge on any atom is 0.0727 e. The molecule has 0 bridgehead atoms. The Balaban J connectivity index is 1.20. The summed E-state index contributed by atoms with van der Waals surface area (Å²) in [6.07, 6.45) is 0.947. The molecule has 1 heterocycles. The molecule has 3 aliphatic rings. The highest BCUT2D eigenvalue weighted by molar-refractivity contribution is 5.98. The fourth-order valence-corrected chi connectivity index (χ4v) is 10.6. The Morgan fingerprint density at radius 1 is 0.456 bits per heavy atom. The van der Waals surface area contributed by atoms with Gasteiger partial charge in [-0.1, -0.05) is 154 Å². The number of hydrogen-bond donors (Lipinski definition) is 0. The first-order valence-electron chi connectivity index (χ1n) is 20.3. The molecule has 2 aliphatic carbocycles. The molecule has 1 spiro atoms. The summed E-state index contributed by atoms with van der Waals surface area (Å²) in [5.41, 5.74) is 22.4. The summed E-state index contributed by atoms with van der Waals surface area (Å²) in [6, 6.07) is 68.4. The summed E-state index contributed by atoms with van der Waals surface area (Å²) in [5, 5.41) is 0. The van der Waals surface area contributed by atoms with Crippen molar-refractivity contribution in [3.05, 3.63) is 226 Å². The van der Waals surface area contributed by atoms with Crippen molar-refractivity contribution in [2.75, 3.05) is 9.80 Å². The van der Waals surface area contributed by atoms with Gasteiger partial charge in [0.2, 0.25) is 0 Å². The van der Waals surface area contributed by atoms with Crippen LogP contribution in [0.3, 0.4) is 0 Å². The minimum Gasteiger partial charge on any atom is -0.310 e. The molecular weight excluding hydrogens is 689 g/mol. The molecule has 0 amide bonds. The Morgan fingerprint density at radius 2 is 0.947 bits per heavy atom. The van der Waals surface area contributed by atoms with E-state index in [4.69, 9.17) is 0 Å². The van der Waals surface area contributed by atoms with E-state index >= 15 is 0 Å². The summed E-state index contributed by atoms with van der Waals surface area (Å²) in [6.45, 7) is 9.21. The number of nitrogens with zero attached hydrogens (tertiary/aromatic N) is 2. The highest BCUT2D eigenvalue weighted by Gasteiger charge is 2.52. The van der Waals surface area contributed by atoms with E-state index in [0.717, 1.165) is 6.42 Å². The molecule has 1 aliphatic heterocycles. The standard InChI is InChI=1S/C55H44N2/c1-5-37-19-7-15-27-51(37)56(50-26-14-6-18-36(50)2)38-30-32-42-43-33-31-39(57-52-28-16-12-24-46(52)54(3,4)47-25-13-17-29-53(47)57)35-49(43)55(48(42)34-38)44-22-10-8-20-40(44)41-21-9-11-23-45(41)55/h6-35H,5H2,1-4H3. The Bertz CT molecular complexity index is 2820. The third-order valence-corrected chi connectivity index (χ3v) is 13.2. The lowest BCUT2D eigenvalue weighted by atomic mass is 9.70. The van der Waals surface area contributed by atoms with Gasteiger partial charge in [0.25, 0.3) is 0 Å². The average molecular weight is 733 g/mol. The first-order valence-corrected chi connectivity index (χ1v) is 20.3. The maximum absolute atomic E-state index is 2.52. The first-order chi connectivity index (χ1) is 27.9. The van der Waals surface area contributed by atoms with E-state index in [-0.39, 0.29) is 5.41 Å². The second-order valence-electron chi connectivity index (χ2n) is 16.4. The zero-order valence-corrected chi connectivity index (χ0v) is 32.9. The summed E-state index contributed by atoms with van der Waals surface area (Å²) in [5.74, 6) is 0. The zero-order valence-electron chi connectivity index (χ0n) is 32.9. The van der Waals surface area contributed by atoms with Crippen molar-refractivity contribution in [3.63, 3.8) is 0 Å². The number of anilines is 6. The highest BCUT2D eigenvalue weighted by Crippen LogP contribution is 2.64. The van der Waals surface area contributed by atoms with E-state index in [9.17, 15) is 0 Å². The molecule has 0 saturated carbocycles. The molecule has 0 N–H and O–H groups in total. The fourth-order valence-electron chi connectivity index (χ4n) is 10.6. The lowest BCUT2D eigenvalue weighted by Gasteiger charge is -2.42. The van der Waals surface area contributed by atoms with Crippen molar-refractivity contribution >= 4 is 34.1 Å². The molecule has 0 unspecified atom stereocenters. The first kappa shape index (κ1) is 33.7. The highest BCUT2D eigenvalue weighted by atomic mass is 15.2. The molecule has 2 heteroatoms. The molecule has 0 atom stereocenters. The summed E-state index contributed by atoms with van der Waals surface area (Å²) in [4.78, 5) is 5.00. The minimum atomic E-state index is -0.514. The van der Waals surface area contributed by atoms with Gasteiger partial charge in [0.15, 0.2) is 0 Å². The van der Waals surface area contributed by atoms with E-state index in [0.29, 0.717) is 0 Å². The topological polar surface area (TPSA) is 6.48 Å². The van der Waals surface area contributed by atoms with E-state index in [1.165, 1.54) is 101 Å². The van der Waals surface area contributed by atoms with Gasteiger partial charge in [-0.25, -0.2) is 0 Å². The van der Waals surface area contributed by atoms with Gasteiger partial charge in [-0.2, -0.15) is 0 Å². The third kappa shape index (κ3) is 4.59. The van der Waals surface area contributed by atoms with Crippen molar-refractivity contribution in [2.24, 2.45) is 0 Å². The second kappa shape index (κ2) is 12.4. The summed E-state index contributed by atoms with van der Waals surface area (Å²) in [7, 11) is 0. The molecule has 57 heavy (non-hydrogen) atoms. The Labute approximate surface area is 336 Å². The van der Waals surface area contributed by atoms with Crippen LogP contribution in [-0.4, -0.2) is 0 Å². The smallest absolute Gasteiger partial charge is 0.0727 e. The molecule has 8 aromatic rings. The third-order valence-electron chi connectivity index (χ3n) is 13.2. The molecule has 11 rings (SSSR count). The van der Waals surface area contributed by atoms with Crippen LogP contribution in [0.4, 0.5) is 34.1 Å². The quantitative estimate of drug-likeness (QED) is 0.174. The second-order valence-corrected chi connectivity index (χ2v) is 16.4. The van der Waals surface area contributed by atoms with Gasteiger partial charge >= 0.3 is 0 Å². The van der Waals surface area contributed by atoms with Gasteiger partial charge in [-0.15, -0.1) is 0 Å². The van der Waals surface area contributed by atoms with E-state index < -0.39 is 5.41 Å². The average Bonchev–Trinajstić information content (AvgIpc) is 3.71. The van der Waals surface area contributed by atoms with Crippen molar-refractivity contribution in [3.8, 4) is 22.3 Å². The monoisotopic (exact) mass is 732 g/mol. The van der Waals surface area contributed by atoms with Crippen LogP contribution < -0.4 is 9.80 Å². The van der Waals surface area contributed by atoms with Gasteiger partial charge in [-0.3, -0.25) is 0 Å². The van der Waals surface area contributed by atoms with Crippen LogP contribution in [0.5, 0.6) is 0 Å². The van der Waals surface area contributed by atoms with Crippen LogP contribution >= 0.6 is 0 Å². The normalized spacial score (nSPS) is 14.6. The van der Waals surface area contributed by atoms with Crippen LogP contribution in [0.2, 0.25) is 0 Å². The fraction of sp³-hybridized carbons (Fsp3) is 0.127. The maximum atomic E-state index is 2.52. The van der Waals surface area contributed by atoms with E-state index in [1.54, 1.807) is 0 Å². The van der Waals surface area contributed by atoms with E-state index in [2.05, 4.69) is 219 Å². The largest absolute Gasteiger partial charge is 0.310 e. The van der Waals surface area contributed by atoms with Crippen molar-refractivity contribution in [1.29, 1.82) is 0 Å².